The Kier molecular flexibility index (Phi) is 6.34. The summed E-state index contributed by atoms with van der Waals surface area (Å²) < 4.78 is 5.23. The highest BCUT2D eigenvalue weighted by molar-refractivity contribution is 5.85. The van der Waals surface area contributed by atoms with Crippen molar-refractivity contribution < 1.29 is 4.74 Å². The Labute approximate surface area is 91.9 Å². The van der Waals surface area contributed by atoms with E-state index in [1.54, 1.807) is 7.11 Å². The largest absolute Gasteiger partial charge is 0.496 e. The molecule has 0 aromatic heterocycles. The standard InChI is InChI=1S/C11H17NO.ClH/c1-3-6-10(12)9-7-4-5-8-11(9)13-2;/h4-5,7-8,10H,3,6,12H2,1-2H3;1H/t10-;/m1./s1. The lowest BCUT2D eigenvalue weighted by atomic mass is 10.0. The van der Waals surface area contributed by atoms with Gasteiger partial charge >= 0.3 is 0 Å². The van der Waals surface area contributed by atoms with Crippen LogP contribution in [0.3, 0.4) is 0 Å². The van der Waals surface area contributed by atoms with Crippen LogP contribution < -0.4 is 10.5 Å². The third-order valence-electron chi connectivity index (χ3n) is 2.14. The first-order valence-electron chi connectivity index (χ1n) is 4.68. The zero-order chi connectivity index (χ0) is 9.68. The number of benzene rings is 1. The minimum absolute atomic E-state index is 0. The van der Waals surface area contributed by atoms with Crippen molar-refractivity contribution in [3.63, 3.8) is 0 Å². The fourth-order valence-corrected chi connectivity index (χ4v) is 1.44. The summed E-state index contributed by atoms with van der Waals surface area (Å²) in [5.41, 5.74) is 7.11. The van der Waals surface area contributed by atoms with Crippen molar-refractivity contribution in [2.45, 2.75) is 25.8 Å². The molecule has 80 valence electrons. The number of hydrogen-bond donors (Lipinski definition) is 1. The van der Waals surface area contributed by atoms with Crippen LogP contribution in [0.1, 0.15) is 31.4 Å². The molecule has 0 spiro atoms. The Morgan fingerprint density at radius 3 is 2.57 bits per heavy atom. The number of nitrogens with two attached hydrogens (primary N) is 1. The molecule has 14 heavy (non-hydrogen) atoms. The van der Waals surface area contributed by atoms with E-state index in [4.69, 9.17) is 10.5 Å². The van der Waals surface area contributed by atoms with Gasteiger partial charge in [0.15, 0.2) is 0 Å². The van der Waals surface area contributed by atoms with E-state index in [2.05, 4.69) is 6.92 Å². The van der Waals surface area contributed by atoms with E-state index in [-0.39, 0.29) is 18.4 Å². The van der Waals surface area contributed by atoms with Crippen molar-refractivity contribution in [3.8, 4) is 5.75 Å². The molecule has 0 fully saturated rings. The van der Waals surface area contributed by atoms with E-state index in [0.29, 0.717) is 0 Å². The molecule has 2 nitrogen and oxygen atoms in total. The summed E-state index contributed by atoms with van der Waals surface area (Å²) in [5, 5.41) is 0. The smallest absolute Gasteiger partial charge is 0.123 e. The van der Waals surface area contributed by atoms with Crippen LogP contribution in [0.2, 0.25) is 0 Å². The van der Waals surface area contributed by atoms with Crippen molar-refractivity contribution in [2.24, 2.45) is 5.73 Å². The molecule has 1 rings (SSSR count). The second-order valence-corrected chi connectivity index (χ2v) is 3.14. The molecule has 0 unspecified atom stereocenters. The maximum absolute atomic E-state index is 6.00. The number of ether oxygens (including phenoxy) is 1. The zero-order valence-corrected chi connectivity index (χ0v) is 9.51. The van der Waals surface area contributed by atoms with Gasteiger partial charge in [-0.3, -0.25) is 0 Å². The Balaban J connectivity index is 0.00000169. The van der Waals surface area contributed by atoms with Crippen molar-refractivity contribution in [1.29, 1.82) is 0 Å². The summed E-state index contributed by atoms with van der Waals surface area (Å²) >= 11 is 0. The van der Waals surface area contributed by atoms with Gasteiger partial charge in [0.1, 0.15) is 5.75 Å². The highest BCUT2D eigenvalue weighted by atomic mass is 35.5. The molecule has 0 saturated carbocycles. The molecule has 0 aliphatic rings. The number of para-hydroxylation sites is 1. The second kappa shape index (κ2) is 6.68. The van der Waals surface area contributed by atoms with Gasteiger partial charge in [-0.15, -0.1) is 12.4 Å². The first-order valence-corrected chi connectivity index (χ1v) is 4.68. The summed E-state index contributed by atoms with van der Waals surface area (Å²) in [4.78, 5) is 0. The van der Waals surface area contributed by atoms with Crippen LogP contribution in [-0.4, -0.2) is 7.11 Å². The molecule has 1 aromatic rings. The summed E-state index contributed by atoms with van der Waals surface area (Å²) in [6.45, 7) is 2.13. The Bertz CT molecular complexity index is 265. The summed E-state index contributed by atoms with van der Waals surface area (Å²) in [6, 6.07) is 8.03. The van der Waals surface area contributed by atoms with E-state index < -0.39 is 0 Å². The summed E-state index contributed by atoms with van der Waals surface area (Å²) in [5.74, 6) is 0.892. The molecule has 0 amide bonds. The molecule has 1 atom stereocenters. The number of hydrogen-bond acceptors (Lipinski definition) is 2. The SMILES string of the molecule is CCC[C@@H](N)c1ccccc1OC.Cl. The van der Waals surface area contributed by atoms with Crippen LogP contribution in [0.25, 0.3) is 0 Å². The van der Waals surface area contributed by atoms with Gasteiger partial charge in [0.25, 0.3) is 0 Å². The number of halogens is 1. The summed E-state index contributed by atoms with van der Waals surface area (Å²) in [6.07, 6.45) is 2.10. The maximum Gasteiger partial charge on any atom is 0.123 e. The van der Waals surface area contributed by atoms with E-state index in [0.717, 1.165) is 24.2 Å². The van der Waals surface area contributed by atoms with Gasteiger partial charge in [-0.25, -0.2) is 0 Å². The van der Waals surface area contributed by atoms with Crippen LogP contribution in [0.4, 0.5) is 0 Å². The average Bonchev–Trinajstić information content (AvgIpc) is 2.18. The normalized spacial score (nSPS) is 11.6. The molecular formula is C11H18ClNO. The molecule has 1 aromatic carbocycles. The van der Waals surface area contributed by atoms with Gasteiger partial charge in [-0.1, -0.05) is 31.5 Å². The lowest BCUT2D eigenvalue weighted by molar-refractivity contribution is 0.404. The quantitative estimate of drug-likeness (QED) is 0.838. The van der Waals surface area contributed by atoms with Gasteiger partial charge in [-0.05, 0) is 12.5 Å². The summed E-state index contributed by atoms with van der Waals surface area (Å²) in [7, 11) is 1.68. The van der Waals surface area contributed by atoms with Gasteiger partial charge in [0, 0.05) is 11.6 Å². The Morgan fingerprint density at radius 1 is 1.36 bits per heavy atom. The van der Waals surface area contributed by atoms with Crippen molar-refractivity contribution >= 4 is 12.4 Å². The van der Waals surface area contributed by atoms with Crippen LogP contribution >= 0.6 is 12.4 Å². The first kappa shape index (κ1) is 13.3. The van der Waals surface area contributed by atoms with Crippen molar-refractivity contribution in [1.82, 2.24) is 0 Å². The van der Waals surface area contributed by atoms with Crippen molar-refractivity contribution in [3.05, 3.63) is 29.8 Å². The fourth-order valence-electron chi connectivity index (χ4n) is 1.44. The number of rotatable bonds is 4. The fraction of sp³-hybridized carbons (Fsp3) is 0.455. The Morgan fingerprint density at radius 2 is 2.00 bits per heavy atom. The highest BCUT2D eigenvalue weighted by Gasteiger charge is 2.09. The minimum atomic E-state index is 0. The Hall–Kier alpha value is -0.730. The molecular weight excluding hydrogens is 198 g/mol. The highest BCUT2D eigenvalue weighted by Crippen LogP contribution is 2.25. The van der Waals surface area contributed by atoms with Crippen molar-refractivity contribution in [2.75, 3.05) is 7.11 Å². The zero-order valence-electron chi connectivity index (χ0n) is 8.69. The predicted molar refractivity (Wildman–Crippen MR) is 62.1 cm³/mol. The third-order valence-corrected chi connectivity index (χ3v) is 2.14. The molecule has 0 bridgehead atoms. The molecule has 0 aliphatic heterocycles. The van der Waals surface area contributed by atoms with Gasteiger partial charge < -0.3 is 10.5 Å². The predicted octanol–water partition coefficient (Wildman–Crippen LogP) is 2.92. The molecule has 0 aliphatic carbocycles. The van der Waals surface area contributed by atoms with Gasteiger partial charge in [-0.2, -0.15) is 0 Å². The van der Waals surface area contributed by atoms with Gasteiger partial charge in [0.05, 0.1) is 7.11 Å². The minimum Gasteiger partial charge on any atom is -0.496 e. The molecule has 0 radical (unpaired) electrons. The first-order chi connectivity index (χ1) is 6.29. The van der Waals surface area contributed by atoms with Crippen LogP contribution in [-0.2, 0) is 0 Å². The topological polar surface area (TPSA) is 35.2 Å². The third kappa shape index (κ3) is 3.20. The molecule has 3 heteroatoms. The molecule has 2 N–H and O–H groups in total. The van der Waals surface area contributed by atoms with Gasteiger partial charge in [0.2, 0.25) is 0 Å². The van der Waals surface area contributed by atoms with E-state index in [1.807, 2.05) is 24.3 Å². The number of methoxy groups -OCH3 is 1. The van der Waals surface area contributed by atoms with E-state index in [9.17, 15) is 0 Å². The lowest BCUT2D eigenvalue weighted by Gasteiger charge is -2.14. The van der Waals surface area contributed by atoms with E-state index >= 15 is 0 Å². The second-order valence-electron chi connectivity index (χ2n) is 3.14. The van der Waals surface area contributed by atoms with Crippen LogP contribution in [0.5, 0.6) is 5.75 Å². The molecule has 0 heterocycles. The lowest BCUT2D eigenvalue weighted by Crippen LogP contribution is -2.10. The van der Waals surface area contributed by atoms with Crippen LogP contribution in [0.15, 0.2) is 24.3 Å². The van der Waals surface area contributed by atoms with E-state index in [1.165, 1.54) is 0 Å². The van der Waals surface area contributed by atoms with Crippen LogP contribution in [0, 0.1) is 0 Å². The molecule has 0 saturated heterocycles. The maximum atomic E-state index is 6.00. The average molecular weight is 216 g/mol. The monoisotopic (exact) mass is 215 g/mol.